The number of hydrogen-bond acceptors (Lipinski definition) is 6. The number of halogens is 2. The molecule has 0 radical (unpaired) electrons. The number of benzene rings is 2. The zero-order chi connectivity index (χ0) is 23.4. The highest BCUT2D eigenvalue weighted by molar-refractivity contribution is 7.17. The smallest absolute Gasteiger partial charge is 0.341 e. The fraction of sp³-hybridized carbons (Fsp3) is 0.200. The quantitative estimate of drug-likeness (QED) is 0.204. The highest BCUT2D eigenvalue weighted by Gasteiger charge is 2.19. The van der Waals surface area contributed by atoms with E-state index in [2.05, 4.69) is 4.98 Å². The highest BCUT2D eigenvalue weighted by atomic mass is 35.5. The van der Waals surface area contributed by atoms with Crippen LogP contribution in [0.25, 0.3) is 10.1 Å². The summed E-state index contributed by atoms with van der Waals surface area (Å²) in [6.07, 6.45) is 1.44. The molecule has 0 saturated carbocycles. The number of nitrogens with zero attached hydrogens (tertiary/aromatic N) is 1. The van der Waals surface area contributed by atoms with E-state index in [1.165, 1.54) is 29.7 Å². The molecule has 2 aromatic heterocycles. The van der Waals surface area contributed by atoms with Gasteiger partial charge in [0.1, 0.15) is 35.7 Å². The van der Waals surface area contributed by atoms with Gasteiger partial charge in [0.15, 0.2) is 0 Å². The molecule has 0 aliphatic carbocycles. The van der Waals surface area contributed by atoms with Crippen LogP contribution in [0.2, 0.25) is 5.15 Å². The highest BCUT2D eigenvalue weighted by Crippen LogP contribution is 2.35. The van der Waals surface area contributed by atoms with Gasteiger partial charge >= 0.3 is 5.97 Å². The Morgan fingerprint density at radius 3 is 2.48 bits per heavy atom. The number of carbonyl (C=O) groups excluding carboxylic acids is 1. The van der Waals surface area contributed by atoms with Crippen LogP contribution in [0.1, 0.15) is 34.0 Å². The van der Waals surface area contributed by atoms with E-state index in [1.54, 1.807) is 25.1 Å². The molecule has 5 nitrogen and oxygen atoms in total. The van der Waals surface area contributed by atoms with E-state index >= 15 is 0 Å². The van der Waals surface area contributed by atoms with E-state index in [9.17, 15) is 9.18 Å². The van der Waals surface area contributed by atoms with Crippen molar-refractivity contribution in [2.45, 2.75) is 27.1 Å². The number of fused-ring (bicyclic) bond motifs is 1. The molecule has 0 bridgehead atoms. The molecule has 2 heterocycles. The number of rotatable bonds is 8. The van der Waals surface area contributed by atoms with Crippen LogP contribution in [0.5, 0.6) is 11.5 Å². The van der Waals surface area contributed by atoms with Gasteiger partial charge < -0.3 is 14.2 Å². The third-order valence-electron chi connectivity index (χ3n) is 4.86. The topological polar surface area (TPSA) is 57.7 Å². The Morgan fingerprint density at radius 1 is 1.09 bits per heavy atom. The predicted molar refractivity (Wildman–Crippen MR) is 127 cm³/mol. The average Bonchev–Trinajstić information content (AvgIpc) is 3.22. The molecule has 33 heavy (non-hydrogen) atoms. The Labute approximate surface area is 199 Å². The van der Waals surface area contributed by atoms with E-state index < -0.39 is 5.97 Å². The van der Waals surface area contributed by atoms with Gasteiger partial charge in [-0.2, -0.15) is 0 Å². The number of pyridine rings is 1. The van der Waals surface area contributed by atoms with Crippen LogP contribution in [-0.2, 0) is 18.0 Å². The number of carbonyl (C=O) groups is 1. The molecule has 8 heteroatoms. The summed E-state index contributed by atoms with van der Waals surface area (Å²) in [5, 5.41) is 2.90. The summed E-state index contributed by atoms with van der Waals surface area (Å²) in [7, 11) is 0. The molecule has 0 N–H and O–H groups in total. The molecule has 0 aliphatic heterocycles. The number of aromatic nitrogens is 1. The van der Waals surface area contributed by atoms with Crippen molar-refractivity contribution in [2.75, 3.05) is 6.61 Å². The van der Waals surface area contributed by atoms with Crippen molar-refractivity contribution in [1.82, 2.24) is 4.98 Å². The second-order valence-corrected chi connectivity index (χ2v) is 8.57. The zero-order valence-corrected chi connectivity index (χ0v) is 19.6. The molecule has 0 unspecified atom stereocenters. The number of hydrogen-bond donors (Lipinski definition) is 0. The van der Waals surface area contributed by atoms with E-state index in [1.807, 2.05) is 24.4 Å². The van der Waals surface area contributed by atoms with Crippen molar-refractivity contribution in [3.05, 3.63) is 87.3 Å². The second-order valence-electron chi connectivity index (χ2n) is 7.33. The summed E-state index contributed by atoms with van der Waals surface area (Å²) in [6, 6.07) is 11.8. The van der Waals surface area contributed by atoms with Crippen molar-refractivity contribution in [1.29, 1.82) is 0 Å². The lowest BCUT2D eigenvalue weighted by Gasteiger charge is -2.11. The lowest BCUT2D eigenvalue weighted by molar-refractivity contribution is 0.0528. The molecular weight excluding hydrogens is 465 g/mol. The third kappa shape index (κ3) is 5.43. The first-order valence-electron chi connectivity index (χ1n) is 10.3. The minimum absolute atomic E-state index is 0.245. The first-order chi connectivity index (χ1) is 15.9. The summed E-state index contributed by atoms with van der Waals surface area (Å²) in [5.41, 5.74) is 3.05. The lowest BCUT2D eigenvalue weighted by atomic mass is 10.1. The number of thiophene rings is 1. The molecule has 4 aromatic rings. The Bertz CT molecular complexity index is 1290. The molecule has 0 amide bonds. The van der Waals surface area contributed by atoms with E-state index in [-0.39, 0.29) is 19.0 Å². The van der Waals surface area contributed by atoms with Gasteiger partial charge in [-0.1, -0.05) is 23.7 Å². The Morgan fingerprint density at radius 2 is 1.79 bits per heavy atom. The largest absolute Gasteiger partial charge is 0.489 e. The summed E-state index contributed by atoms with van der Waals surface area (Å²) in [4.78, 5) is 16.4. The van der Waals surface area contributed by atoms with Crippen molar-refractivity contribution in [3.63, 3.8) is 0 Å². The normalized spacial score (nSPS) is 10.9. The van der Waals surface area contributed by atoms with Crippen LogP contribution in [-0.4, -0.2) is 17.6 Å². The molecule has 0 saturated heterocycles. The first kappa shape index (κ1) is 23.0. The van der Waals surface area contributed by atoms with Crippen LogP contribution in [0.15, 0.2) is 54.0 Å². The fourth-order valence-electron chi connectivity index (χ4n) is 3.31. The van der Waals surface area contributed by atoms with Gasteiger partial charge in [-0.05, 0) is 54.6 Å². The first-order valence-corrected chi connectivity index (χ1v) is 11.5. The zero-order valence-electron chi connectivity index (χ0n) is 18.1. The standard InChI is InChI=1S/C25H21ClFNO4S/c1-3-30-25(29)21-11-28-24(26)22-17(14-33-23(21)22)13-32-20-9-15(2)8-19(10-20)31-12-16-4-6-18(27)7-5-16/h4-11,14H,3,12-13H2,1-2H3. The summed E-state index contributed by atoms with van der Waals surface area (Å²) in [5.74, 6) is 0.570. The number of aryl methyl sites for hydroxylation is 1. The molecule has 2 aromatic carbocycles. The molecule has 4 rings (SSSR count). The van der Waals surface area contributed by atoms with E-state index in [4.69, 9.17) is 25.8 Å². The van der Waals surface area contributed by atoms with Gasteiger partial charge in [0.05, 0.1) is 16.9 Å². The van der Waals surface area contributed by atoms with Gasteiger partial charge in [-0.15, -0.1) is 11.3 Å². The maximum Gasteiger partial charge on any atom is 0.341 e. The molecule has 170 valence electrons. The van der Waals surface area contributed by atoms with Crippen molar-refractivity contribution in [3.8, 4) is 11.5 Å². The van der Waals surface area contributed by atoms with Crippen LogP contribution in [0, 0.1) is 12.7 Å². The average molecular weight is 486 g/mol. The van der Waals surface area contributed by atoms with Gasteiger partial charge in [0.25, 0.3) is 0 Å². The second kappa shape index (κ2) is 10.2. The number of esters is 1. The van der Waals surface area contributed by atoms with Crippen LogP contribution >= 0.6 is 22.9 Å². The third-order valence-corrected chi connectivity index (χ3v) is 6.21. The van der Waals surface area contributed by atoms with Crippen LogP contribution < -0.4 is 9.47 Å². The molecule has 0 atom stereocenters. The molecule has 0 fully saturated rings. The van der Waals surface area contributed by atoms with Gasteiger partial charge in [0.2, 0.25) is 0 Å². The Hall–Kier alpha value is -3.16. The molecule has 0 aliphatic rings. The lowest BCUT2D eigenvalue weighted by Crippen LogP contribution is -2.05. The van der Waals surface area contributed by atoms with Crippen molar-refractivity contribution in [2.24, 2.45) is 0 Å². The maximum absolute atomic E-state index is 13.1. The van der Waals surface area contributed by atoms with Crippen LogP contribution in [0.3, 0.4) is 0 Å². The predicted octanol–water partition coefficient (Wildman–Crippen LogP) is 6.73. The minimum atomic E-state index is -0.428. The number of ether oxygens (including phenoxy) is 3. The SMILES string of the molecule is CCOC(=O)c1cnc(Cl)c2c(COc3cc(C)cc(OCc4ccc(F)cc4)c3)csc12. The molecular formula is C25H21ClFNO4S. The van der Waals surface area contributed by atoms with E-state index in [0.29, 0.717) is 34.2 Å². The van der Waals surface area contributed by atoms with Gasteiger partial charge in [-0.25, -0.2) is 14.2 Å². The summed E-state index contributed by atoms with van der Waals surface area (Å²) in [6.45, 7) is 4.55. The van der Waals surface area contributed by atoms with Crippen LogP contribution in [0.4, 0.5) is 4.39 Å². The monoisotopic (exact) mass is 485 g/mol. The van der Waals surface area contributed by atoms with Gasteiger partial charge in [0, 0.05) is 23.2 Å². The van der Waals surface area contributed by atoms with E-state index in [0.717, 1.165) is 21.4 Å². The van der Waals surface area contributed by atoms with Crippen molar-refractivity contribution >= 4 is 39.0 Å². The maximum atomic E-state index is 13.1. The molecule has 0 spiro atoms. The summed E-state index contributed by atoms with van der Waals surface area (Å²) >= 11 is 7.74. The Kier molecular flexibility index (Phi) is 7.11. The summed E-state index contributed by atoms with van der Waals surface area (Å²) < 4.78 is 30.8. The fourth-order valence-corrected chi connectivity index (χ4v) is 4.69. The minimum Gasteiger partial charge on any atom is -0.489 e. The van der Waals surface area contributed by atoms with Crippen molar-refractivity contribution < 1.29 is 23.4 Å². The Balaban J connectivity index is 1.50. The van der Waals surface area contributed by atoms with Gasteiger partial charge in [-0.3, -0.25) is 0 Å².